The molecule has 2 atom stereocenters. The van der Waals surface area contributed by atoms with E-state index in [2.05, 4.69) is 26.0 Å². The minimum atomic E-state index is -0.449. The summed E-state index contributed by atoms with van der Waals surface area (Å²) in [6.45, 7) is 4.22. The van der Waals surface area contributed by atoms with Gasteiger partial charge in [-0.15, -0.1) is 0 Å². The molecular weight excluding hydrogens is 236 g/mol. The maximum Gasteiger partial charge on any atom is 0.127 e. The van der Waals surface area contributed by atoms with E-state index in [1.807, 2.05) is 30.3 Å². The Hall–Kier alpha value is -1.80. The summed E-state index contributed by atoms with van der Waals surface area (Å²) in [6.07, 6.45) is 0.0982. The van der Waals surface area contributed by atoms with Crippen molar-refractivity contribution in [3.05, 3.63) is 64.7 Å². The minimum absolute atomic E-state index is 0.0650. The first-order valence-electron chi connectivity index (χ1n) is 6.66. The molecule has 0 spiro atoms. The molecule has 0 radical (unpaired) electrons. The molecule has 2 aromatic rings. The third kappa shape index (κ3) is 2.13. The van der Waals surface area contributed by atoms with Gasteiger partial charge in [0.15, 0.2) is 0 Å². The van der Waals surface area contributed by atoms with Crippen LogP contribution >= 0.6 is 0 Å². The van der Waals surface area contributed by atoms with E-state index < -0.39 is 6.10 Å². The van der Waals surface area contributed by atoms with E-state index in [-0.39, 0.29) is 6.10 Å². The van der Waals surface area contributed by atoms with Crippen molar-refractivity contribution in [3.8, 4) is 5.75 Å². The fourth-order valence-electron chi connectivity index (χ4n) is 2.71. The van der Waals surface area contributed by atoms with Gasteiger partial charge in [0.05, 0.1) is 6.10 Å². The van der Waals surface area contributed by atoms with Gasteiger partial charge in [-0.25, -0.2) is 0 Å². The van der Waals surface area contributed by atoms with E-state index in [0.717, 1.165) is 11.3 Å². The van der Waals surface area contributed by atoms with Crippen LogP contribution in [0, 0.1) is 13.8 Å². The van der Waals surface area contributed by atoms with Crippen LogP contribution in [0.15, 0.2) is 42.5 Å². The molecule has 19 heavy (non-hydrogen) atoms. The lowest BCUT2D eigenvalue weighted by Crippen LogP contribution is -2.19. The van der Waals surface area contributed by atoms with Crippen molar-refractivity contribution in [1.82, 2.24) is 0 Å². The van der Waals surface area contributed by atoms with Gasteiger partial charge >= 0.3 is 0 Å². The first-order chi connectivity index (χ1) is 9.16. The maximum absolute atomic E-state index is 10.3. The van der Waals surface area contributed by atoms with Crippen LogP contribution in [0.25, 0.3) is 0 Å². The zero-order valence-corrected chi connectivity index (χ0v) is 11.3. The van der Waals surface area contributed by atoms with Crippen molar-refractivity contribution in [2.45, 2.75) is 32.5 Å². The molecular formula is C17H18O2. The molecule has 2 nitrogen and oxygen atoms in total. The van der Waals surface area contributed by atoms with Gasteiger partial charge in [-0.3, -0.25) is 0 Å². The second-order valence-corrected chi connectivity index (χ2v) is 5.18. The summed E-state index contributed by atoms with van der Waals surface area (Å²) >= 11 is 0. The number of rotatable bonds is 1. The number of fused-ring (bicyclic) bond motifs is 1. The minimum Gasteiger partial charge on any atom is -0.485 e. The monoisotopic (exact) mass is 254 g/mol. The number of para-hydroxylation sites is 1. The lowest BCUT2D eigenvalue weighted by molar-refractivity contribution is 0.0654. The number of hydrogen-bond donors (Lipinski definition) is 1. The molecule has 0 fully saturated rings. The lowest BCUT2D eigenvalue weighted by atomic mass is 9.91. The van der Waals surface area contributed by atoms with Gasteiger partial charge in [0.1, 0.15) is 11.9 Å². The van der Waals surface area contributed by atoms with E-state index in [4.69, 9.17) is 4.74 Å². The SMILES string of the molecule is Cc1cccc(C2CC(O)c3ccccc3O2)c1C. The van der Waals surface area contributed by atoms with Crippen molar-refractivity contribution in [2.75, 3.05) is 0 Å². The summed E-state index contributed by atoms with van der Waals surface area (Å²) in [5, 5.41) is 10.3. The Kier molecular flexibility index (Phi) is 3.03. The highest BCUT2D eigenvalue weighted by atomic mass is 16.5. The maximum atomic E-state index is 10.3. The molecule has 1 heterocycles. The molecule has 98 valence electrons. The van der Waals surface area contributed by atoms with E-state index >= 15 is 0 Å². The van der Waals surface area contributed by atoms with E-state index in [1.165, 1.54) is 16.7 Å². The molecule has 1 aliphatic heterocycles. The third-order valence-electron chi connectivity index (χ3n) is 3.98. The highest BCUT2D eigenvalue weighted by Gasteiger charge is 2.28. The van der Waals surface area contributed by atoms with Crippen LogP contribution in [0.2, 0.25) is 0 Å². The van der Waals surface area contributed by atoms with Crippen molar-refractivity contribution in [2.24, 2.45) is 0 Å². The Morgan fingerprint density at radius 3 is 2.58 bits per heavy atom. The first kappa shape index (κ1) is 12.2. The van der Waals surface area contributed by atoms with Crippen LogP contribution in [0.4, 0.5) is 0 Å². The van der Waals surface area contributed by atoms with Crippen molar-refractivity contribution in [3.63, 3.8) is 0 Å². The van der Waals surface area contributed by atoms with Crippen LogP contribution < -0.4 is 4.74 Å². The van der Waals surface area contributed by atoms with Gasteiger partial charge < -0.3 is 9.84 Å². The molecule has 0 saturated carbocycles. The number of aliphatic hydroxyl groups excluding tert-OH is 1. The number of ether oxygens (including phenoxy) is 1. The Labute approximate surface area is 113 Å². The highest BCUT2D eigenvalue weighted by molar-refractivity contribution is 5.41. The summed E-state index contributed by atoms with van der Waals surface area (Å²) < 4.78 is 6.06. The Bertz CT molecular complexity index is 604. The highest BCUT2D eigenvalue weighted by Crippen LogP contribution is 2.41. The van der Waals surface area contributed by atoms with E-state index in [9.17, 15) is 5.11 Å². The predicted octanol–water partition coefficient (Wildman–Crippen LogP) is 3.86. The summed E-state index contributed by atoms with van der Waals surface area (Å²) in [4.78, 5) is 0. The van der Waals surface area contributed by atoms with Crippen molar-refractivity contribution in [1.29, 1.82) is 0 Å². The van der Waals surface area contributed by atoms with Gasteiger partial charge in [0.25, 0.3) is 0 Å². The standard InChI is InChI=1S/C17H18O2/c1-11-6-5-8-13(12(11)2)17-10-15(18)14-7-3-4-9-16(14)19-17/h3-9,15,17-18H,10H2,1-2H3. The Morgan fingerprint density at radius 1 is 1.00 bits per heavy atom. The zero-order valence-electron chi connectivity index (χ0n) is 11.3. The van der Waals surface area contributed by atoms with Crippen LogP contribution in [0.3, 0.4) is 0 Å². The van der Waals surface area contributed by atoms with Gasteiger partial charge in [-0.05, 0) is 36.6 Å². The molecule has 1 aliphatic rings. The first-order valence-corrected chi connectivity index (χ1v) is 6.66. The summed E-state index contributed by atoms with van der Waals surface area (Å²) in [7, 11) is 0. The molecule has 1 N–H and O–H groups in total. The zero-order chi connectivity index (χ0) is 13.4. The van der Waals surface area contributed by atoms with Crippen molar-refractivity contribution >= 4 is 0 Å². The summed E-state index contributed by atoms with van der Waals surface area (Å²) in [5.74, 6) is 0.798. The Morgan fingerprint density at radius 2 is 1.74 bits per heavy atom. The molecule has 0 bridgehead atoms. The fourth-order valence-corrected chi connectivity index (χ4v) is 2.71. The average Bonchev–Trinajstić information content (AvgIpc) is 2.42. The average molecular weight is 254 g/mol. The number of aliphatic hydroxyl groups is 1. The molecule has 2 heteroatoms. The predicted molar refractivity (Wildman–Crippen MR) is 75.3 cm³/mol. The molecule has 3 rings (SSSR count). The van der Waals surface area contributed by atoms with Crippen molar-refractivity contribution < 1.29 is 9.84 Å². The van der Waals surface area contributed by atoms with Gasteiger partial charge in [-0.1, -0.05) is 36.4 Å². The number of hydrogen-bond acceptors (Lipinski definition) is 2. The molecule has 0 aliphatic carbocycles. The third-order valence-corrected chi connectivity index (χ3v) is 3.98. The second-order valence-electron chi connectivity index (χ2n) is 5.18. The number of aryl methyl sites for hydroxylation is 1. The second kappa shape index (κ2) is 4.71. The van der Waals surface area contributed by atoms with Gasteiger partial charge in [0.2, 0.25) is 0 Å². The number of benzene rings is 2. The summed E-state index contributed by atoms with van der Waals surface area (Å²) in [5.41, 5.74) is 4.58. The molecule has 0 aromatic heterocycles. The van der Waals surface area contributed by atoms with E-state index in [1.54, 1.807) is 0 Å². The largest absolute Gasteiger partial charge is 0.485 e. The molecule has 2 aromatic carbocycles. The van der Waals surface area contributed by atoms with Crippen LogP contribution in [-0.2, 0) is 0 Å². The normalized spacial score (nSPS) is 21.6. The van der Waals surface area contributed by atoms with Gasteiger partial charge in [-0.2, -0.15) is 0 Å². The molecule has 2 unspecified atom stereocenters. The van der Waals surface area contributed by atoms with E-state index in [0.29, 0.717) is 6.42 Å². The van der Waals surface area contributed by atoms with Crippen LogP contribution in [0.5, 0.6) is 5.75 Å². The molecule has 0 saturated heterocycles. The van der Waals surface area contributed by atoms with Crippen LogP contribution in [0.1, 0.15) is 40.9 Å². The quantitative estimate of drug-likeness (QED) is 0.837. The topological polar surface area (TPSA) is 29.5 Å². The fraction of sp³-hybridized carbons (Fsp3) is 0.294. The summed E-state index contributed by atoms with van der Waals surface area (Å²) in [6, 6.07) is 14.0. The molecule has 0 amide bonds. The Balaban J connectivity index is 1.99. The van der Waals surface area contributed by atoms with Gasteiger partial charge in [0, 0.05) is 12.0 Å². The van der Waals surface area contributed by atoms with Crippen LogP contribution in [-0.4, -0.2) is 5.11 Å². The lowest BCUT2D eigenvalue weighted by Gasteiger charge is -2.31. The smallest absolute Gasteiger partial charge is 0.127 e.